The van der Waals surface area contributed by atoms with Crippen LogP contribution in [0.5, 0.6) is 11.5 Å². The van der Waals surface area contributed by atoms with Gasteiger partial charge in [0.2, 0.25) is 0 Å². The van der Waals surface area contributed by atoms with Crippen molar-refractivity contribution in [3.05, 3.63) is 90.0 Å². The molecule has 0 aromatic heterocycles. The van der Waals surface area contributed by atoms with Crippen LogP contribution in [0.1, 0.15) is 29.5 Å². The maximum atomic E-state index is 13.1. The number of hydrogen-bond donors (Lipinski definition) is 2. The van der Waals surface area contributed by atoms with Crippen molar-refractivity contribution >= 4 is 21.4 Å². The first kappa shape index (κ1) is 21.4. The van der Waals surface area contributed by atoms with Gasteiger partial charge in [0, 0.05) is 22.9 Å². The van der Waals surface area contributed by atoms with E-state index < -0.39 is 10.0 Å². The number of sulfonamides is 1. The Balaban J connectivity index is 1.47. The van der Waals surface area contributed by atoms with E-state index in [9.17, 15) is 8.42 Å². The summed E-state index contributed by atoms with van der Waals surface area (Å²) < 4.78 is 39.6. The number of methoxy groups -OCH3 is 2. The SMILES string of the molecule is COc1ccc(NS(=O)(=O)c2ccc3c(c2)C2C=CCC2C(c2ccccc2OC)N3)cc1. The summed E-state index contributed by atoms with van der Waals surface area (Å²) in [4.78, 5) is 0.244. The van der Waals surface area contributed by atoms with Gasteiger partial charge in [0.15, 0.2) is 0 Å². The van der Waals surface area contributed by atoms with E-state index in [1.807, 2.05) is 24.3 Å². The number of para-hydroxylation sites is 1. The highest BCUT2D eigenvalue weighted by atomic mass is 32.2. The first-order valence-electron chi connectivity index (χ1n) is 10.9. The minimum Gasteiger partial charge on any atom is -0.497 e. The number of benzene rings is 3. The molecular weight excluding hydrogens is 436 g/mol. The van der Waals surface area contributed by atoms with E-state index in [4.69, 9.17) is 9.47 Å². The summed E-state index contributed by atoms with van der Waals surface area (Å²) in [5.41, 5.74) is 3.54. The molecule has 1 heterocycles. The van der Waals surface area contributed by atoms with Crippen molar-refractivity contribution in [1.82, 2.24) is 0 Å². The Morgan fingerprint density at radius 2 is 1.73 bits per heavy atom. The largest absolute Gasteiger partial charge is 0.497 e. The van der Waals surface area contributed by atoms with E-state index in [2.05, 4.69) is 28.3 Å². The molecule has 170 valence electrons. The average molecular weight is 463 g/mol. The highest BCUT2D eigenvalue weighted by molar-refractivity contribution is 7.92. The lowest BCUT2D eigenvalue weighted by molar-refractivity contribution is 0.381. The van der Waals surface area contributed by atoms with Gasteiger partial charge in [-0.15, -0.1) is 0 Å². The van der Waals surface area contributed by atoms with Gasteiger partial charge in [0.1, 0.15) is 11.5 Å². The van der Waals surface area contributed by atoms with Crippen LogP contribution in [0.2, 0.25) is 0 Å². The molecule has 0 radical (unpaired) electrons. The van der Waals surface area contributed by atoms with Crippen molar-refractivity contribution < 1.29 is 17.9 Å². The molecule has 0 saturated heterocycles. The number of hydrogen-bond acceptors (Lipinski definition) is 5. The smallest absolute Gasteiger partial charge is 0.261 e. The average Bonchev–Trinajstić information content (AvgIpc) is 3.34. The topological polar surface area (TPSA) is 76.7 Å². The zero-order valence-electron chi connectivity index (χ0n) is 18.5. The lowest BCUT2D eigenvalue weighted by Gasteiger charge is -2.38. The van der Waals surface area contributed by atoms with Gasteiger partial charge in [-0.3, -0.25) is 4.72 Å². The molecule has 33 heavy (non-hydrogen) atoms. The number of nitrogens with one attached hydrogen (secondary N) is 2. The lowest BCUT2D eigenvalue weighted by atomic mass is 9.77. The normalized spacial score (nSPS) is 21.0. The van der Waals surface area contributed by atoms with Gasteiger partial charge in [-0.1, -0.05) is 30.4 Å². The Bertz CT molecular complexity index is 1300. The van der Waals surface area contributed by atoms with Gasteiger partial charge < -0.3 is 14.8 Å². The summed E-state index contributed by atoms with van der Waals surface area (Å²) >= 11 is 0. The molecule has 7 heteroatoms. The van der Waals surface area contributed by atoms with E-state index in [0.29, 0.717) is 11.4 Å². The molecule has 0 saturated carbocycles. The second kappa shape index (κ2) is 8.48. The van der Waals surface area contributed by atoms with Crippen molar-refractivity contribution in [3.63, 3.8) is 0 Å². The molecule has 1 aliphatic heterocycles. The van der Waals surface area contributed by atoms with Gasteiger partial charge >= 0.3 is 0 Å². The Hall–Kier alpha value is -3.45. The van der Waals surface area contributed by atoms with Gasteiger partial charge in [-0.2, -0.15) is 0 Å². The van der Waals surface area contributed by atoms with Crippen LogP contribution in [0.15, 0.2) is 83.8 Å². The van der Waals surface area contributed by atoms with E-state index in [1.165, 1.54) is 0 Å². The fourth-order valence-corrected chi connectivity index (χ4v) is 5.94. The third-order valence-electron chi connectivity index (χ3n) is 6.46. The minimum absolute atomic E-state index is 0.0773. The first-order chi connectivity index (χ1) is 16.0. The molecule has 3 unspecified atom stereocenters. The van der Waals surface area contributed by atoms with Gasteiger partial charge in [0.25, 0.3) is 10.0 Å². The van der Waals surface area contributed by atoms with Gasteiger partial charge in [0.05, 0.1) is 25.2 Å². The molecule has 3 atom stereocenters. The first-order valence-corrected chi connectivity index (χ1v) is 12.4. The predicted molar refractivity (Wildman–Crippen MR) is 130 cm³/mol. The zero-order chi connectivity index (χ0) is 23.0. The minimum atomic E-state index is -3.73. The highest BCUT2D eigenvalue weighted by Gasteiger charge is 2.39. The van der Waals surface area contributed by atoms with Gasteiger partial charge in [-0.25, -0.2) is 8.42 Å². The lowest BCUT2D eigenvalue weighted by Crippen LogP contribution is -2.29. The summed E-state index contributed by atoms with van der Waals surface area (Å²) in [6.45, 7) is 0. The quantitative estimate of drug-likeness (QED) is 0.484. The van der Waals surface area contributed by atoms with E-state index in [-0.39, 0.29) is 22.8 Å². The third kappa shape index (κ3) is 3.93. The predicted octanol–water partition coefficient (Wildman–Crippen LogP) is 5.33. The molecule has 0 bridgehead atoms. The monoisotopic (exact) mass is 462 g/mol. The molecule has 2 N–H and O–H groups in total. The highest BCUT2D eigenvalue weighted by Crippen LogP contribution is 2.51. The second-order valence-electron chi connectivity index (χ2n) is 8.30. The van der Waals surface area contributed by atoms with Crippen molar-refractivity contribution in [2.24, 2.45) is 5.92 Å². The number of ether oxygens (including phenoxy) is 2. The molecular formula is C26H26N2O4S. The van der Waals surface area contributed by atoms with Gasteiger partial charge in [-0.05, 0) is 66.4 Å². The Labute approximate surface area is 194 Å². The fraction of sp³-hybridized carbons (Fsp3) is 0.231. The van der Waals surface area contributed by atoms with E-state index >= 15 is 0 Å². The van der Waals surface area contributed by atoms with Crippen LogP contribution in [-0.2, 0) is 10.0 Å². The van der Waals surface area contributed by atoms with Crippen molar-refractivity contribution in [2.45, 2.75) is 23.3 Å². The Morgan fingerprint density at radius 1 is 0.939 bits per heavy atom. The van der Waals surface area contributed by atoms with Crippen LogP contribution in [-0.4, -0.2) is 22.6 Å². The zero-order valence-corrected chi connectivity index (χ0v) is 19.3. The molecule has 0 spiro atoms. The van der Waals surface area contributed by atoms with Crippen molar-refractivity contribution in [1.29, 1.82) is 0 Å². The summed E-state index contributed by atoms with van der Waals surface area (Å²) in [5, 5.41) is 3.65. The van der Waals surface area contributed by atoms with E-state index in [0.717, 1.165) is 29.0 Å². The second-order valence-corrected chi connectivity index (χ2v) is 9.98. The molecule has 0 fully saturated rings. The van der Waals surface area contributed by atoms with Crippen molar-refractivity contribution in [3.8, 4) is 11.5 Å². The number of fused-ring (bicyclic) bond motifs is 3. The summed E-state index contributed by atoms with van der Waals surface area (Å²) in [5.74, 6) is 1.93. The number of rotatable bonds is 6. The third-order valence-corrected chi connectivity index (χ3v) is 7.84. The molecule has 0 amide bonds. The van der Waals surface area contributed by atoms with Crippen LogP contribution >= 0.6 is 0 Å². The Kier molecular flexibility index (Phi) is 5.50. The van der Waals surface area contributed by atoms with Crippen LogP contribution in [0.3, 0.4) is 0 Å². The molecule has 6 nitrogen and oxygen atoms in total. The summed E-state index contributed by atoms with van der Waals surface area (Å²) in [6, 6.07) is 20.3. The van der Waals surface area contributed by atoms with Crippen LogP contribution in [0.4, 0.5) is 11.4 Å². The molecule has 3 aromatic rings. The molecule has 5 rings (SSSR count). The van der Waals surface area contributed by atoms with Crippen molar-refractivity contribution in [2.75, 3.05) is 24.3 Å². The van der Waals surface area contributed by atoms with Crippen LogP contribution < -0.4 is 19.5 Å². The fourth-order valence-electron chi connectivity index (χ4n) is 4.84. The molecule has 3 aromatic carbocycles. The maximum Gasteiger partial charge on any atom is 0.261 e. The number of allylic oxidation sites excluding steroid dienone is 2. The Morgan fingerprint density at radius 3 is 2.48 bits per heavy atom. The van der Waals surface area contributed by atoms with Crippen LogP contribution in [0.25, 0.3) is 0 Å². The van der Waals surface area contributed by atoms with E-state index in [1.54, 1.807) is 50.6 Å². The standard InChI is InChI=1S/C26H26N2O4S/c1-31-18-12-10-17(11-13-18)28-33(29,30)19-14-15-24-23(16-19)20-7-5-8-21(20)26(27-24)22-6-3-4-9-25(22)32-2/h3-7,9-16,20-21,26-28H,8H2,1-2H3. The number of anilines is 2. The maximum absolute atomic E-state index is 13.1. The summed E-state index contributed by atoms with van der Waals surface area (Å²) in [7, 11) is -0.474. The van der Waals surface area contributed by atoms with Crippen LogP contribution in [0, 0.1) is 5.92 Å². The molecule has 2 aliphatic rings. The summed E-state index contributed by atoms with van der Waals surface area (Å²) in [6.07, 6.45) is 5.30. The molecule has 1 aliphatic carbocycles.